The third-order valence-corrected chi connectivity index (χ3v) is 6.94. The average Bonchev–Trinajstić information content (AvgIpc) is 3.31. The van der Waals surface area contributed by atoms with E-state index in [0.29, 0.717) is 25.8 Å². The fourth-order valence-electron chi connectivity index (χ4n) is 4.88. The largest absolute Gasteiger partial charge is 0.481 e. The van der Waals surface area contributed by atoms with Crippen molar-refractivity contribution in [3.05, 3.63) is 89.7 Å². The van der Waals surface area contributed by atoms with Crippen molar-refractivity contribution in [3.8, 4) is 11.1 Å². The monoisotopic (exact) mass is 558 g/mol. The lowest BCUT2D eigenvalue weighted by molar-refractivity contribution is -0.139. The van der Waals surface area contributed by atoms with Crippen molar-refractivity contribution < 1.29 is 29.0 Å². The number of amides is 3. The van der Waals surface area contributed by atoms with Crippen LogP contribution in [0.4, 0.5) is 4.79 Å². The lowest BCUT2D eigenvalue weighted by Crippen LogP contribution is -2.46. The van der Waals surface area contributed by atoms with E-state index in [0.717, 1.165) is 27.8 Å². The number of ether oxygens (including phenoxy) is 1. The molecule has 1 unspecified atom stereocenters. The first kappa shape index (κ1) is 29.3. The van der Waals surface area contributed by atoms with Crippen LogP contribution in [0.3, 0.4) is 0 Å². The van der Waals surface area contributed by atoms with Gasteiger partial charge in [-0.15, -0.1) is 0 Å². The molecule has 0 saturated carbocycles. The molecule has 1 heterocycles. The number of fused-ring (bicyclic) bond motifs is 3. The highest BCUT2D eigenvalue weighted by atomic mass is 16.5. The first-order chi connectivity index (χ1) is 19.9. The van der Waals surface area contributed by atoms with Crippen molar-refractivity contribution in [1.82, 2.24) is 20.9 Å². The standard InChI is InChI=1S/C31H34N4O6/c36-28(14-15-29(37)38)35-27(30(39)34-19-21-8-7-16-32-18-21)13-5-6-17-33-31(40)41-20-26-24-11-3-1-9-22(24)23-10-2-4-12-25(23)26/h1-4,7-12,16,18,26-27H,5-6,13-15,17,19-20H2,(H,33,40)(H,34,39)(H,35,36)(H,37,38). The van der Waals surface area contributed by atoms with E-state index >= 15 is 0 Å². The summed E-state index contributed by atoms with van der Waals surface area (Å²) in [6, 6.07) is 19.0. The van der Waals surface area contributed by atoms with E-state index < -0.39 is 24.0 Å². The Kier molecular flexibility index (Phi) is 10.4. The van der Waals surface area contributed by atoms with Crippen molar-refractivity contribution in [2.75, 3.05) is 13.2 Å². The van der Waals surface area contributed by atoms with Gasteiger partial charge in [0.2, 0.25) is 11.8 Å². The van der Waals surface area contributed by atoms with Gasteiger partial charge in [0.15, 0.2) is 0 Å². The van der Waals surface area contributed by atoms with Crippen LogP contribution in [0.2, 0.25) is 0 Å². The SMILES string of the molecule is O=C(O)CCC(=O)NC(CCCCNC(=O)OCC1c2ccccc2-c2ccccc21)C(=O)NCc1cccnc1. The summed E-state index contributed by atoms with van der Waals surface area (Å²) in [6.45, 7) is 0.812. The Morgan fingerprint density at radius 2 is 1.59 bits per heavy atom. The summed E-state index contributed by atoms with van der Waals surface area (Å²) in [7, 11) is 0. The molecule has 0 radical (unpaired) electrons. The van der Waals surface area contributed by atoms with Crippen molar-refractivity contribution in [2.24, 2.45) is 0 Å². The molecule has 0 saturated heterocycles. The fraction of sp³-hybridized carbons (Fsp3) is 0.323. The number of unbranched alkanes of at least 4 members (excludes halogenated alkanes) is 1. The molecule has 41 heavy (non-hydrogen) atoms. The smallest absolute Gasteiger partial charge is 0.407 e. The summed E-state index contributed by atoms with van der Waals surface area (Å²) in [5.74, 6) is -1.99. The van der Waals surface area contributed by atoms with Gasteiger partial charge < -0.3 is 25.8 Å². The van der Waals surface area contributed by atoms with E-state index in [1.807, 2.05) is 30.3 Å². The van der Waals surface area contributed by atoms with Crippen LogP contribution < -0.4 is 16.0 Å². The Labute approximate surface area is 238 Å². The molecule has 3 amide bonds. The van der Waals surface area contributed by atoms with Gasteiger partial charge in [-0.2, -0.15) is 0 Å². The van der Waals surface area contributed by atoms with Crippen LogP contribution in [0.5, 0.6) is 0 Å². The van der Waals surface area contributed by atoms with E-state index in [2.05, 4.69) is 45.2 Å². The summed E-state index contributed by atoms with van der Waals surface area (Å²) in [5, 5.41) is 17.0. The van der Waals surface area contributed by atoms with Crippen LogP contribution >= 0.6 is 0 Å². The van der Waals surface area contributed by atoms with E-state index in [4.69, 9.17) is 9.84 Å². The van der Waals surface area contributed by atoms with E-state index in [9.17, 15) is 19.2 Å². The maximum Gasteiger partial charge on any atom is 0.407 e. The maximum atomic E-state index is 12.8. The summed E-state index contributed by atoms with van der Waals surface area (Å²) in [6.07, 6.45) is 3.63. The zero-order valence-electron chi connectivity index (χ0n) is 22.7. The normalized spacial score (nSPS) is 12.5. The Balaban J connectivity index is 1.21. The van der Waals surface area contributed by atoms with Gasteiger partial charge in [0.05, 0.1) is 6.42 Å². The summed E-state index contributed by atoms with van der Waals surface area (Å²) < 4.78 is 5.55. The Bertz CT molecular complexity index is 1320. The molecule has 4 N–H and O–H groups in total. The third kappa shape index (κ3) is 8.38. The highest BCUT2D eigenvalue weighted by molar-refractivity contribution is 5.88. The number of carbonyl (C=O) groups excluding carboxylic acids is 3. The highest BCUT2D eigenvalue weighted by Gasteiger charge is 2.29. The highest BCUT2D eigenvalue weighted by Crippen LogP contribution is 2.44. The molecule has 0 fully saturated rings. The molecule has 0 bridgehead atoms. The van der Waals surface area contributed by atoms with Crippen LogP contribution in [-0.2, 0) is 25.7 Å². The van der Waals surface area contributed by atoms with Gasteiger partial charge in [-0.1, -0.05) is 54.6 Å². The Hall–Kier alpha value is -4.73. The number of alkyl carbamates (subject to hydrolysis) is 1. The van der Waals surface area contributed by atoms with Gasteiger partial charge in [0.25, 0.3) is 0 Å². The van der Waals surface area contributed by atoms with Crippen LogP contribution in [0.1, 0.15) is 54.7 Å². The second kappa shape index (κ2) is 14.6. The number of carboxylic acids is 1. The van der Waals surface area contributed by atoms with Crippen LogP contribution in [0.15, 0.2) is 73.1 Å². The van der Waals surface area contributed by atoms with Crippen molar-refractivity contribution in [1.29, 1.82) is 0 Å². The maximum absolute atomic E-state index is 12.8. The molecular weight excluding hydrogens is 524 g/mol. The number of pyridine rings is 1. The molecule has 4 rings (SSSR count). The number of benzene rings is 2. The fourth-order valence-corrected chi connectivity index (χ4v) is 4.88. The Morgan fingerprint density at radius 1 is 0.878 bits per heavy atom. The molecule has 1 aliphatic carbocycles. The second-order valence-electron chi connectivity index (χ2n) is 9.84. The Morgan fingerprint density at radius 3 is 2.24 bits per heavy atom. The number of aromatic nitrogens is 1. The minimum absolute atomic E-state index is 0.0242. The number of hydrogen-bond acceptors (Lipinski definition) is 6. The number of carbonyl (C=O) groups is 4. The third-order valence-electron chi connectivity index (χ3n) is 6.94. The number of nitrogens with one attached hydrogen (secondary N) is 3. The quantitative estimate of drug-likeness (QED) is 0.220. The molecule has 1 aromatic heterocycles. The number of carboxylic acid groups (broad SMARTS) is 1. The van der Waals surface area contributed by atoms with Gasteiger partial charge in [-0.25, -0.2) is 4.79 Å². The first-order valence-corrected chi connectivity index (χ1v) is 13.7. The molecule has 214 valence electrons. The predicted octanol–water partition coefficient (Wildman–Crippen LogP) is 3.76. The number of hydrogen-bond donors (Lipinski definition) is 4. The van der Waals surface area contributed by atoms with Gasteiger partial charge in [-0.05, 0) is 53.1 Å². The van der Waals surface area contributed by atoms with Crippen LogP contribution in [0, 0.1) is 0 Å². The number of nitrogens with zero attached hydrogens (tertiary/aromatic N) is 1. The summed E-state index contributed by atoms with van der Waals surface area (Å²) in [5.41, 5.74) is 5.40. The van der Waals surface area contributed by atoms with Crippen molar-refractivity contribution >= 4 is 23.9 Å². The molecular formula is C31H34N4O6. The number of aliphatic carboxylic acids is 1. The first-order valence-electron chi connectivity index (χ1n) is 13.7. The van der Waals surface area contributed by atoms with E-state index in [1.165, 1.54) is 0 Å². The van der Waals surface area contributed by atoms with E-state index in [-0.39, 0.29) is 37.8 Å². The van der Waals surface area contributed by atoms with Crippen molar-refractivity contribution in [3.63, 3.8) is 0 Å². The summed E-state index contributed by atoms with van der Waals surface area (Å²) >= 11 is 0. The summed E-state index contributed by atoms with van der Waals surface area (Å²) in [4.78, 5) is 52.2. The molecule has 10 heteroatoms. The number of rotatable bonds is 14. The molecule has 10 nitrogen and oxygen atoms in total. The van der Waals surface area contributed by atoms with Gasteiger partial charge >= 0.3 is 12.1 Å². The predicted molar refractivity (Wildman–Crippen MR) is 152 cm³/mol. The van der Waals surface area contributed by atoms with Crippen LogP contribution in [0.25, 0.3) is 11.1 Å². The van der Waals surface area contributed by atoms with Gasteiger partial charge in [0, 0.05) is 37.8 Å². The second-order valence-corrected chi connectivity index (χ2v) is 9.84. The van der Waals surface area contributed by atoms with E-state index in [1.54, 1.807) is 18.5 Å². The zero-order valence-corrected chi connectivity index (χ0v) is 22.7. The topological polar surface area (TPSA) is 147 Å². The lowest BCUT2D eigenvalue weighted by Gasteiger charge is -2.18. The lowest BCUT2D eigenvalue weighted by atomic mass is 9.98. The molecule has 0 aliphatic heterocycles. The molecule has 1 atom stereocenters. The van der Waals surface area contributed by atoms with Gasteiger partial charge in [0.1, 0.15) is 12.6 Å². The minimum atomic E-state index is -1.09. The van der Waals surface area contributed by atoms with Crippen molar-refractivity contribution in [2.45, 2.75) is 50.6 Å². The average molecular weight is 559 g/mol. The molecule has 2 aromatic carbocycles. The minimum Gasteiger partial charge on any atom is -0.481 e. The molecule has 0 spiro atoms. The van der Waals surface area contributed by atoms with Crippen LogP contribution in [-0.4, -0.2) is 53.2 Å². The van der Waals surface area contributed by atoms with Gasteiger partial charge in [-0.3, -0.25) is 19.4 Å². The zero-order chi connectivity index (χ0) is 29.0. The molecule has 3 aromatic rings. The molecule has 1 aliphatic rings.